The summed E-state index contributed by atoms with van der Waals surface area (Å²) >= 11 is 4.84. The van der Waals surface area contributed by atoms with Crippen LogP contribution in [-0.2, 0) is 10.1 Å². The van der Waals surface area contributed by atoms with Crippen LogP contribution in [0.4, 0.5) is 0 Å². The van der Waals surface area contributed by atoms with Crippen molar-refractivity contribution in [1.82, 2.24) is 0 Å². The Morgan fingerprint density at radius 1 is 1.31 bits per heavy atom. The van der Waals surface area contributed by atoms with Crippen molar-refractivity contribution in [3.05, 3.63) is 0 Å². The summed E-state index contributed by atoms with van der Waals surface area (Å²) in [5, 5.41) is 0. The van der Waals surface area contributed by atoms with E-state index >= 15 is 0 Å². The number of rotatable bonds is 6. The molecule has 0 unspecified atom stereocenters. The van der Waals surface area contributed by atoms with Crippen molar-refractivity contribution in [2.75, 3.05) is 5.75 Å². The van der Waals surface area contributed by atoms with E-state index in [0.29, 0.717) is 6.42 Å². The molecule has 0 bridgehead atoms. The van der Waals surface area contributed by atoms with Crippen LogP contribution in [0.1, 0.15) is 32.6 Å². The van der Waals surface area contributed by atoms with Crippen LogP contribution in [-0.4, -0.2) is 23.6 Å². The minimum Gasteiger partial charge on any atom is -0.748 e. The fourth-order valence-electron chi connectivity index (χ4n) is 0.830. The van der Waals surface area contributed by atoms with E-state index in [-0.39, 0.29) is 35.3 Å². The Balaban J connectivity index is 0. The van der Waals surface area contributed by atoms with Crippen LogP contribution in [0, 0.1) is 0 Å². The van der Waals surface area contributed by atoms with Crippen LogP contribution in [0.3, 0.4) is 0 Å². The molecule has 0 atom stereocenters. The van der Waals surface area contributed by atoms with E-state index in [1.54, 1.807) is 0 Å². The van der Waals surface area contributed by atoms with Gasteiger partial charge in [0.2, 0.25) is 0 Å². The predicted molar refractivity (Wildman–Crippen MR) is 51.3 cm³/mol. The molecule has 0 aromatic carbocycles. The maximum atomic E-state index is 10.1. The number of unbranched alkanes of at least 4 members (excludes halogenated alkanes) is 2. The summed E-state index contributed by atoms with van der Waals surface area (Å²) < 4.78 is 30.4. The zero-order valence-corrected chi connectivity index (χ0v) is 11.7. The van der Waals surface area contributed by atoms with Crippen LogP contribution in [0.15, 0.2) is 0 Å². The van der Waals surface area contributed by atoms with Gasteiger partial charge < -0.3 is 4.55 Å². The van der Waals surface area contributed by atoms with Crippen molar-refractivity contribution in [3.8, 4) is 0 Å². The molecule has 0 rings (SSSR count). The molecule has 0 amide bonds. The van der Waals surface area contributed by atoms with Crippen molar-refractivity contribution in [2.24, 2.45) is 0 Å². The van der Waals surface area contributed by atoms with Crippen LogP contribution < -0.4 is 29.6 Å². The SMILES string of the molecule is CC(=S)CCCCCS(=O)(=O)[O-].[Na+]. The molecule has 13 heavy (non-hydrogen) atoms. The van der Waals surface area contributed by atoms with Gasteiger partial charge in [0.25, 0.3) is 0 Å². The maximum absolute atomic E-state index is 10.1. The van der Waals surface area contributed by atoms with E-state index in [1.165, 1.54) is 0 Å². The van der Waals surface area contributed by atoms with Gasteiger partial charge in [0.1, 0.15) is 0 Å². The van der Waals surface area contributed by atoms with Crippen molar-refractivity contribution in [1.29, 1.82) is 0 Å². The second-order valence-corrected chi connectivity index (χ2v) is 5.00. The third-order valence-corrected chi connectivity index (χ3v) is 2.42. The number of hydrogen-bond donors (Lipinski definition) is 0. The molecular formula is C7H13NaO3S2. The van der Waals surface area contributed by atoms with E-state index in [4.69, 9.17) is 12.2 Å². The molecule has 0 heterocycles. The summed E-state index contributed by atoms with van der Waals surface area (Å²) in [5.41, 5.74) is 0. The molecule has 0 aromatic heterocycles. The molecule has 0 aliphatic heterocycles. The normalized spacial score (nSPS) is 10.6. The Hall–Kier alpha value is 1.000. The summed E-state index contributed by atoms with van der Waals surface area (Å²) in [4.78, 5) is 0.931. The standard InChI is InChI=1S/C7H14O3S2.Na/c1-7(11)5-3-2-4-6-12(8,9)10;/h2-6H2,1H3,(H,8,9,10);/q;+1/p-1. The molecule has 0 spiro atoms. The third-order valence-electron chi connectivity index (χ3n) is 1.42. The monoisotopic (exact) mass is 232 g/mol. The van der Waals surface area contributed by atoms with Gasteiger partial charge in [-0.2, -0.15) is 0 Å². The van der Waals surface area contributed by atoms with Crippen LogP contribution in [0.2, 0.25) is 0 Å². The molecule has 0 aliphatic rings. The molecule has 0 saturated carbocycles. The van der Waals surface area contributed by atoms with Crippen molar-refractivity contribution in [3.63, 3.8) is 0 Å². The topological polar surface area (TPSA) is 57.2 Å². The zero-order chi connectivity index (χ0) is 9.61. The second kappa shape index (κ2) is 8.32. The Bertz CT molecular complexity index is 236. The Labute approximate surface area is 107 Å². The minimum atomic E-state index is -4.01. The molecule has 0 fully saturated rings. The molecule has 0 saturated heterocycles. The molecule has 0 N–H and O–H groups in total. The van der Waals surface area contributed by atoms with Gasteiger partial charge in [0.05, 0.1) is 10.1 Å². The van der Waals surface area contributed by atoms with Gasteiger partial charge in [-0.15, -0.1) is 0 Å². The first kappa shape index (κ1) is 16.4. The van der Waals surface area contributed by atoms with Gasteiger partial charge in [-0.25, -0.2) is 8.42 Å². The van der Waals surface area contributed by atoms with Gasteiger partial charge in [-0.3, -0.25) is 0 Å². The Morgan fingerprint density at radius 3 is 2.23 bits per heavy atom. The van der Waals surface area contributed by atoms with Gasteiger partial charge in [0.15, 0.2) is 0 Å². The predicted octanol–water partition coefficient (Wildman–Crippen LogP) is -1.51. The summed E-state index contributed by atoms with van der Waals surface area (Å²) in [6.45, 7) is 1.86. The van der Waals surface area contributed by atoms with E-state index < -0.39 is 10.1 Å². The molecule has 3 nitrogen and oxygen atoms in total. The van der Waals surface area contributed by atoms with Crippen molar-refractivity contribution < 1.29 is 42.5 Å². The Morgan fingerprint density at radius 2 is 1.85 bits per heavy atom. The first-order chi connectivity index (χ1) is 5.42. The fraction of sp³-hybridized carbons (Fsp3) is 0.857. The number of thiocarbonyl (C=S) groups is 1. The Kier molecular flexibility index (Phi) is 10.5. The van der Waals surface area contributed by atoms with Crippen LogP contribution >= 0.6 is 12.2 Å². The van der Waals surface area contributed by atoms with Crippen molar-refractivity contribution >= 4 is 27.2 Å². The van der Waals surface area contributed by atoms with E-state index in [0.717, 1.165) is 24.1 Å². The van der Waals surface area contributed by atoms with E-state index in [2.05, 4.69) is 0 Å². The summed E-state index contributed by atoms with van der Waals surface area (Å²) in [5.74, 6) is -0.247. The first-order valence-electron chi connectivity index (χ1n) is 3.85. The minimum absolute atomic E-state index is 0. The van der Waals surface area contributed by atoms with Gasteiger partial charge in [-0.05, 0) is 31.1 Å². The van der Waals surface area contributed by atoms with Crippen LogP contribution in [0.25, 0.3) is 0 Å². The van der Waals surface area contributed by atoms with E-state index in [9.17, 15) is 13.0 Å². The summed E-state index contributed by atoms with van der Waals surface area (Å²) in [6.07, 6.45) is 2.93. The zero-order valence-electron chi connectivity index (χ0n) is 8.08. The average Bonchev–Trinajstić information content (AvgIpc) is 1.83. The summed E-state index contributed by atoms with van der Waals surface area (Å²) in [6, 6.07) is 0. The average molecular weight is 232 g/mol. The second-order valence-electron chi connectivity index (χ2n) is 2.77. The van der Waals surface area contributed by atoms with Gasteiger partial charge in [-0.1, -0.05) is 18.6 Å². The maximum Gasteiger partial charge on any atom is 1.00 e. The van der Waals surface area contributed by atoms with Crippen LogP contribution in [0.5, 0.6) is 0 Å². The molecular weight excluding hydrogens is 219 g/mol. The molecule has 72 valence electrons. The van der Waals surface area contributed by atoms with Gasteiger partial charge in [0, 0.05) is 5.75 Å². The van der Waals surface area contributed by atoms with E-state index in [1.807, 2.05) is 6.92 Å². The smallest absolute Gasteiger partial charge is 0.748 e. The quantitative estimate of drug-likeness (QED) is 0.242. The van der Waals surface area contributed by atoms with Gasteiger partial charge >= 0.3 is 29.6 Å². The molecule has 6 heteroatoms. The molecule has 0 aliphatic carbocycles. The third kappa shape index (κ3) is 15.7. The molecule has 0 radical (unpaired) electrons. The molecule has 0 aromatic rings. The summed E-state index contributed by atoms with van der Waals surface area (Å²) in [7, 11) is -4.01. The van der Waals surface area contributed by atoms with Crippen molar-refractivity contribution in [2.45, 2.75) is 32.6 Å². The number of hydrogen-bond acceptors (Lipinski definition) is 4. The largest absolute Gasteiger partial charge is 1.00 e. The fourth-order valence-corrected chi connectivity index (χ4v) is 1.53. The first-order valence-corrected chi connectivity index (χ1v) is 5.83.